The zero-order valence-electron chi connectivity index (χ0n) is 18.1. The number of benzene rings is 2. The van der Waals surface area contributed by atoms with Gasteiger partial charge in [-0.25, -0.2) is 0 Å². The summed E-state index contributed by atoms with van der Waals surface area (Å²) in [6, 6.07) is 15.4. The number of piperidine rings is 3. The van der Waals surface area contributed by atoms with E-state index >= 15 is 0 Å². The number of hydrogen-bond donors (Lipinski definition) is 2. The van der Waals surface area contributed by atoms with Gasteiger partial charge in [-0.3, -0.25) is 9.59 Å². The normalized spacial score (nSPS) is 22.1. The Morgan fingerprint density at radius 3 is 2.69 bits per heavy atom. The van der Waals surface area contributed by atoms with Crippen LogP contribution in [0.3, 0.4) is 0 Å². The Morgan fingerprint density at radius 2 is 1.94 bits per heavy atom. The Balaban J connectivity index is 1.39. The molecule has 2 N–H and O–H groups in total. The van der Waals surface area contributed by atoms with E-state index in [4.69, 9.17) is 9.15 Å². The molecule has 166 valence electrons. The lowest BCUT2D eigenvalue weighted by Crippen LogP contribution is -2.57. The van der Waals surface area contributed by atoms with E-state index in [2.05, 4.69) is 15.5 Å². The minimum atomic E-state index is -0.215. The van der Waals surface area contributed by atoms with Crippen molar-refractivity contribution in [1.29, 1.82) is 0 Å². The molecule has 1 aromatic heterocycles. The second-order valence-electron chi connectivity index (χ2n) is 8.61. The fourth-order valence-electron chi connectivity index (χ4n) is 4.86. The predicted molar refractivity (Wildman–Crippen MR) is 123 cm³/mol. The quantitative estimate of drug-likeness (QED) is 0.622. The smallest absolute Gasteiger partial charge is 0.287 e. The van der Waals surface area contributed by atoms with Crippen molar-refractivity contribution in [3.8, 4) is 11.1 Å². The van der Waals surface area contributed by atoms with Gasteiger partial charge in [0.1, 0.15) is 12.2 Å². The molecule has 2 amide bonds. The summed E-state index contributed by atoms with van der Waals surface area (Å²) in [6.07, 6.45) is 2.29. The lowest BCUT2D eigenvalue weighted by molar-refractivity contribution is -0.119. The van der Waals surface area contributed by atoms with Crippen LogP contribution in [-0.4, -0.2) is 56.1 Å². The summed E-state index contributed by atoms with van der Waals surface area (Å²) in [5.41, 5.74) is 3.09. The second kappa shape index (κ2) is 8.76. The highest BCUT2D eigenvalue weighted by molar-refractivity contribution is 6.00. The number of nitrogens with one attached hydrogen (secondary N) is 2. The molecule has 3 aliphatic rings. The van der Waals surface area contributed by atoms with Crippen molar-refractivity contribution in [3.05, 3.63) is 54.3 Å². The summed E-state index contributed by atoms with van der Waals surface area (Å²) in [7, 11) is 1.48. The highest BCUT2D eigenvalue weighted by atomic mass is 16.5. The summed E-state index contributed by atoms with van der Waals surface area (Å²) < 4.78 is 10.9. The zero-order chi connectivity index (χ0) is 22.1. The molecule has 32 heavy (non-hydrogen) atoms. The van der Waals surface area contributed by atoms with E-state index in [1.54, 1.807) is 6.07 Å². The first-order valence-electron chi connectivity index (χ1n) is 11.1. The third-order valence-electron chi connectivity index (χ3n) is 6.47. The molecule has 3 fully saturated rings. The lowest BCUT2D eigenvalue weighted by atomic mass is 9.84. The van der Waals surface area contributed by atoms with Gasteiger partial charge in [0.15, 0.2) is 5.76 Å². The largest absolute Gasteiger partial charge is 0.450 e. The maximum Gasteiger partial charge on any atom is 0.287 e. The highest BCUT2D eigenvalue weighted by Gasteiger charge is 2.35. The van der Waals surface area contributed by atoms with Gasteiger partial charge >= 0.3 is 0 Å². The first kappa shape index (κ1) is 20.7. The van der Waals surface area contributed by atoms with Gasteiger partial charge in [-0.2, -0.15) is 0 Å². The molecule has 1 unspecified atom stereocenters. The fourth-order valence-corrected chi connectivity index (χ4v) is 4.86. The molecule has 7 heteroatoms. The maximum atomic E-state index is 13.0. The number of methoxy groups -OCH3 is 1. The Morgan fingerprint density at radius 1 is 1.12 bits per heavy atom. The molecule has 0 aliphatic carbocycles. The highest BCUT2D eigenvalue weighted by Crippen LogP contribution is 2.33. The number of ether oxygens (including phenoxy) is 1. The average molecular weight is 434 g/mol. The molecule has 0 saturated carbocycles. The van der Waals surface area contributed by atoms with E-state index in [-0.39, 0.29) is 24.5 Å². The summed E-state index contributed by atoms with van der Waals surface area (Å²) in [6.45, 7) is 3.19. The number of anilines is 1. The third-order valence-corrected chi connectivity index (χ3v) is 6.47. The van der Waals surface area contributed by atoms with Crippen LogP contribution < -0.4 is 10.6 Å². The van der Waals surface area contributed by atoms with Crippen LogP contribution in [0.25, 0.3) is 22.1 Å². The van der Waals surface area contributed by atoms with Gasteiger partial charge < -0.3 is 24.7 Å². The van der Waals surface area contributed by atoms with Gasteiger partial charge in [-0.1, -0.05) is 30.3 Å². The van der Waals surface area contributed by atoms with Crippen LogP contribution in [0.1, 0.15) is 23.4 Å². The first-order valence-corrected chi connectivity index (χ1v) is 11.1. The van der Waals surface area contributed by atoms with E-state index < -0.39 is 0 Å². The summed E-state index contributed by atoms with van der Waals surface area (Å²) in [5.74, 6) is 0.507. The van der Waals surface area contributed by atoms with Crippen LogP contribution >= 0.6 is 0 Å². The fraction of sp³-hybridized carbons (Fsp3) is 0.360. The predicted octanol–water partition coefficient (Wildman–Crippen LogP) is 3.51. The van der Waals surface area contributed by atoms with Crippen molar-refractivity contribution >= 4 is 28.5 Å². The number of rotatable bonds is 6. The molecule has 2 aromatic carbocycles. The molecule has 7 nitrogen and oxygen atoms in total. The molecule has 3 aromatic rings. The number of fused-ring (bicyclic) bond motifs is 4. The number of carbonyl (C=O) groups excluding carboxylic acids is 2. The summed E-state index contributed by atoms with van der Waals surface area (Å²) >= 11 is 0. The molecule has 2 bridgehead atoms. The van der Waals surface area contributed by atoms with Crippen LogP contribution in [0.2, 0.25) is 0 Å². The second-order valence-corrected chi connectivity index (χ2v) is 8.61. The van der Waals surface area contributed by atoms with Crippen LogP contribution in [-0.2, 0) is 9.53 Å². The van der Waals surface area contributed by atoms with Gasteiger partial charge in [-0.05, 0) is 55.6 Å². The Hall–Kier alpha value is -3.16. The van der Waals surface area contributed by atoms with Crippen LogP contribution in [0, 0.1) is 5.92 Å². The van der Waals surface area contributed by atoms with Crippen LogP contribution in [0.5, 0.6) is 0 Å². The molecular weight excluding hydrogens is 406 g/mol. The van der Waals surface area contributed by atoms with E-state index in [0.717, 1.165) is 49.0 Å². The molecule has 0 radical (unpaired) electrons. The van der Waals surface area contributed by atoms with E-state index in [0.29, 0.717) is 22.9 Å². The minimum Gasteiger partial charge on any atom is -0.450 e. The number of hydrogen-bond acceptors (Lipinski definition) is 5. The van der Waals surface area contributed by atoms with Crippen molar-refractivity contribution < 1.29 is 18.7 Å². The monoisotopic (exact) mass is 433 g/mol. The topological polar surface area (TPSA) is 83.8 Å². The Bertz CT molecular complexity index is 1150. The third kappa shape index (κ3) is 4.13. The number of amides is 2. The molecular formula is C25H27N3O4. The van der Waals surface area contributed by atoms with Crippen molar-refractivity contribution in [2.75, 3.05) is 38.7 Å². The van der Waals surface area contributed by atoms with E-state index in [1.807, 2.05) is 42.5 Å². The SMILES string of the molecule is COCC(=O)Nc1cccc(-c2cccc3cc(C(=O)NC4CN5CCC4CC5)oc23)c1. The molecule has 3 saturated heterocycles. The Labute approximate surface area is 186 Å². The molecule has 3 aliphatic heterocycles. The first-order chi connectivity index (χ1) is 15.6. The lowest BCUT2D eigenvalue weighted by Gasteiger charge is -2.44. The van der Waals surface area contributed by atoms with Gasteiger partial charge in [0.05, 0.1) is 0 Å². The van der Waals surface area contributed by atoms with Gasteiger partial charge in [-0.15, -0.1) is 0 Å². The molecule has 4 heterocycles. The number of para-hydroxylation sites is 1. The van der Waals surface area contributed by atoms with Crippen molar-refractivity contribution in [2.24, 2.45) is 5.92 Å². The van der Waals surface area contributed by atoms with Crippen LogP contribution in [0.15, 0.2) is 52.9 Å². The molecule has 0 spiro atoms. The standard InChI is InChI=1S/C25H27N3O4/c1-31-15-23(29)26-19-6-2-4-17(12-19)20-7-3-5-18-13-22(32-24(18)20)25(30)27-21-14-28-10-8-16(21)9-11-28/h2-7,12-13,16,21H,8-11,14-15H2,1H3,(H,26,29)(H,27,30). The molecule has 1 atom stereocenters. The van der Waals surface area contributed by atoms with Crippen molar-refractivity contribution in [2.45, 2.75) is 18.9 Å². The van der Waals surface area contributed by atoms with Gasteiger partial charge in [0, 0.05) is 36.3 Å². The summed E-state index contributed by atoms with van der Waals surface area (Å²) in [5, 5.41) is 6.89. The maximum absolute atomic E-state index is 13.0. The van der Waals surface area contributed by atoms with Crippen molar-refractivity contribution in [3.63, 3.8) is 0 Å². The minimum absolute atomic E-state index is 0.00389. The molecule has 6 rings (SSSR count). The number of furan rings is 1. The van der Waals surface area contributed by atoms with Crippen molar-refractivity contribution in [1.82, 2.24) is 10.2 Å². The van der Waals surface area contributed by atoms with Gasteiger partial charge in [0.2, 0.25) is 5.91 Å². The van der Waals surface area contributed by atoms with Gasteiger partial charge in [0.25, 0.3) is 5.91 Å². The zero-order valence-corrected chi connectivity index (χ0v) is 18.1. The van der Waals surface area contributed by atoms with E-state index in [1.165, 1.54) is 7.11 Å². The van der Waals surface area contributed by atoms with E-state index in [9.17, 15) is 9.59 Å². The number of nitrogens with zero attached hydrogens (tertiary/aromatic N) is 1. The van der Waals surface area contributed by atoms with Crippen LogP contribution in [0.4, 0.5) is 5.69 Å². The Kier molecular flexibility index (Phi) is 5.68. The average Bonchev–Trinajstić information content (AvgIpc) is 3.25. The number of carbonyl (C=O) groups is 2. The summed E-state index contributed by atoms with van der Waals surface area (Å²) in [4.78, 5) is 27.2.